The van der Waals surface area contributed by atoms with Crippen LogP contribution in [0.2, 0.25) is 4.34 Å². The van der Waals surface area contributed by atoms with E-state index in [-0.39, 0.29) is 5.91 Å². The summed E-state index contributed by atoms with van der Waals surface area (Å²) in [7, 11) is 0. The maximum atomic E-state index is 11.8. The summed E-state index contributed by atoms with van der Waals surface area (Å²) in [5.41, 5.74) is 2.28. The van der Waals surface area contributed by atoms with E-state index in [1.165, 1.54) is 16.9 Å². The summed E-state index contributed by atoms with van der Waals surface area (Å²) in [6.45, 7) is 0.523. The summed E-state index contributed by atoms with van der Waals surface area (Å²) in [5.74, 6) is -0.0869. The third kappa shape index (κ3) is 3.57. The Morgan fingerprint density at radius 1 is 1.28 bits per heavy atom. The monoisotopic (exact) mass is 343 g/mol. The highest BCUT2D eigenvalue weighted by molar-refractivity contribution is 9.08. The molecule has 1 aromatic carbocycles. The van der Waals surface area contributed by atoms with E-state index in [2.05, 4.69) is 27.3 Å². The van der Waals surface area contributed by atoms with Crippen molar-refractivity contribution in [1.29, 1.82) is 0 Å². The molecule has 0 spiro atoms. The molecule has 18 heavy (non-hydrogen) atoms. The average molecular weight is 345 g/mol. The fraction of sp³-hybridized carbons (Fsp3) is 0.154. The van der Waals surface area contributed by atoms with Crippen LogP contribution in [0.4, 0.5) is 0 Å². The Labute approximate surface area is 123 Å². The zero-order valence-electron chi connectivity index (χ0n) is 9.45. The molecule has 0 saturated heterocycles. The third-order valence-electron chi connectivity index (χ3n) is 2.40. The number of nitrogens with one attached hydrogen (secondary N) is 1. The number of carbonyl (C=O) groups is 1. The van der Waals surface area contributed by atoms with Crippen LogP contribution >= 0.6 is 38.9 Å². The van der Waals surface area contributed by atoms with Gasteiger partial charge in [-0.2, -0.15) is 0 Å². The molecule has 1 amide bonds. The standard InChI is InChI=1S/C13H11BrClNOS/c14-7-9-2-1-3-10(6-9)8-16-13(17)11-4-5-12(15)18-11/h1-6H,7-8H2,(H,16,17). The van der Waals surface area contributed by atoms with Gasteiger partial charge in [0.2, 0.25) is 0 Å². The molecular formula is C13H11BrClNOS. The first kappa shape index (κ1) is 13.6. The topological polar surface area (TPSA) is 29.1 Å². The van der Waals surface area contributed by atoms with Crippen LogP contribution in [0, 0.1) is 0 Å². The molecule has 1 aromatic heterocycles. The van der Waals surface area contributed by atoms with Gasteiger partial charge in [-0.15, -0.1) is 11.3 Å². The van der Waals surface area contributed by atoms with Gasteiger partial charge >= 0.3 is 0 Å². The van der Waals surface area contributed by atoms with Gasteiger partial charge in [0.25, 0.3) is 5.91 Å². The summed E-state index contributed by atoms with van der Waals surface area (Å²) in [6.07, 6.45) is 0. The molecule has 2 nitrogen and oxygen atoms in total. The molecule has 0 aliphatic carbocycles. The summed E-state index contributed by atoms with van der Waals surface area (Å²) in [6, 6.07) is 11.5. The SMILES string of the molecule is O=C(NCc1cccc(CBr)c1)c1ccc(Cl)s1. The largest absolute Gasteiger partial charge is 0.347 e. The van der Waals surface area contributed by atoms with Crippen LogP contribution in [0.25, 0.3) is 0 Å². The number of thiophene rings is 1. The van der Waals surface area contributed by atoms with Crippen molar-refractivity contribution in [3.8, 4) is 0 Å². The molecule has 5 heteroatoms. The highest BCUT2D eigenvalue weighted by Gasteiger charge is 2.07. The molecule has 0 saturated carbocycles. The van der Waals surface area contributed by atoms with Crippen molar-refractivity contribution in [2.24, 2.45) is 0 Å². The number of rotatable bonds is 4. The van der Waals surface area contributed by atoms with Crippen molar-refractivity contribution < 1.29 is 4.79 Å². The Kier molecular flexibility index (Phi) is 4.80. The van der Waals surface area contributed by atoms with Gasteiger partial charge < -0.3 is 5.32 Å². The maximum Gasteiger partial charge on any atom is 0.261 e. The van der Waals surface area contributed by atoms with Gasteiger partial charge in [0.15, 0.2) is 0 Å². The number of halogens is 2. The number of alkyl halides is 1. The molecule has 0 bridgehead atoms. The van der Waals surface area contributed by atoms with Gasteiger partial charge in [0, 0.05) is 11.9 Å². The van der Waals surface area contributed by atoms with Crippen molar-refractivity contribution in [2.45, 2.75) is 11.9 Å². The van der Waals surface area contributed by atoms with E-state index in [9.17, 15) is 4.79 Å². The molecule has 0 unspecified atom stereocenters. The molecule has 94 valence electrons. The lowest BCUT2D eigenvalue weighted by molar-refractivity contribution is 0.0955. The third-order valence-corrected chi connectivity index (χ3v) is 4.27. The second kappa shape index (κ2) is 6.36. The van der Waals surface area contributed by atoms with Gasteiger partial charge in [0.05, 0.1) is 9.21 Å². The van der Waals surface area contributed by atoms with Crippen molar-refractivity contribution >= 4 is 44.8 Å². The van der Waals surface area contributed by atoms with E-state index in [0.717, 1.165) is 10.9 Å². The highest BCUT2D eigenvalue weighted by Crippen LogP contribution is 2.21. The zero-order valence-corrected chi connectivity index (χ0v) is 12.6. The smallest absolute Gasteiger partial charge is 0.261 e. The lowest BCUT2D eigenvalue weighted by atomic mass is 10.1. The average Bonchev–Trinajstić information content (AvgIpc) is 2.83. The van der Waals surface area contributed by atoms with Crippen LogP contribution in [-0.2, 0) is 11.9 Å². The molecule has 1 N–H and O–H groups in total. The minimum Gasteiger partial charge on any atom is -0.347 e. The van der Waals surface area contributed by atoms with Crippen LogP contribution in [-0.4, -0.2) is 5.91 Å². The van der Waals surface area contributed by atoms with Crippen molar-refractivity contribution in [3.05, 3.63) is 56.7 Å². The zero-order chi connectivity index (χ0) is 13.0. The van der Waals surface area contributed by atoms with E-state index in [1.54, 1.807) is 12.1 Å². The Hall–Kier alpha value is -0.840. The first-order valence-electron chi connectivity index (χ1n) is 5.36. The van der Waals surface area contributed by atoms with Crippen molar-refractivity contribution in [3.63, 3.8) is 0 Å². The number of amides is 1. The summed E-state index contributed by atoms with van der Waals surface area (Å²) >= 11 is 10.5. The molecule has 2 aromatic rings. The minimum absolute atomic E-state index is 0.0869. The second-order valence-corrected chi connectivity index (χ2v) is 6.02. The molecule has 0 aliphatic heterocycles. The Bertz CT molecular complexity index is 555. The molecule has 0 atom stereocenters. The lowest BCUT2D eigenvalue weighted by Crippen LogP contribution is -2.21. The summed E-state index contributed by atoms with van der Waals surface area (Å²) in [4.78, 5) is 12.5. The molecule has 0 fully saturated rings. The predicted octanol–water partition coefficient (Wildman–Crippen LogP) is 4.23. The van der Waals surface area contributed by atoms with Gasteiger partial charge in [-0.05, 0) is 23.3 Å². The van der Waals surface area contributed by atoms with Gasteiger partial charge in [-0.1, -0.05) is 51.8 Å². The highest BCUT2D eigenvalue weighted by atomic mass is 79.9. The quantitative estimate of drug-likeness (QED) is 0.826. The van der Waals surface area contributed by atoms with Crippen LogP contribution in [0.1, 0.15) is 20.8 Å². The summed E-state index contributed by atoms with van der Waals surface area (Å²) < 4.78 is 0.626. The van der Waals surface area contributed by atoms with Crippen molar-refractivity contribution in [2.75, 3.05) is 0 Å². The van der Waals surface area contributed by atoms with Crippen LogP contribution in [0.5, 0.6) is 0 Å². The molecule has 0 radical (unpaired) electrons. The maximum absolute atomic E-state index is 11.8. The Morgan fingerprint density at radius 2 is 2.06 bits per heavy atom. The van der Waals surface area contributed by atoms with Gasteiger partial charge in [0.1, 0.15) is 0 Å². The van der Waals surface area contributed by atoms with Crippen LogP contribution < -0.4 is 5.32 Å². The van der Waals surface area contributed by atoms with Crippen LogP contribution in [0.15, 0.2) is 36.4 Å². The molecule has 1 heterocycles. The number of hydrogen-bond acceptors (Lipinski definition) is 2. The molecule has 0 aliphatic rings. The molecular weight excluding hydrogens is 334 g/mol. The Balaban J connectivity index is 1.97. The number of benzene rings is 1. The molecule has 2 rings (SSSR count). The minimum atomic E-state index is -0.0869. The lowest BCUT2D eigenvalue weighted by Gasteiger charge is -2.05. The normalized spacial score (nSPS) is 10.3. The van der Waals surface area contributed by atoms with E-state index in [0.29, 0.717) is 15.8 Å². The van der Waals surface area contributed by atoms with Crippen molar-refractivity contribution in [1.82, 2.24) is 5.32 Å². The van der Waals surface area contributed by atoms with E-state index in [4.69, 9.17) is 11.6 Å². The van der Waals surface area contributed by atoms with E-state index < -0.39 is 0 Å². The fourth-order valence-electron chi connectivity index (χ4n) is 1.53. The number of carbonyl (C=O) groups excluding carboxylic acids is 1. The van der Waals surface area contributed by atoms with E-state index in [1.807, 2.05) is 18.2 Å². The van der Waals surface area contributed by atoms with E-state index >= 15 is 0 Å². The first-order chi connectivity index (χ1) is 8.69. The second-order valence-electron chi connectivity index (χ2n) is 3.74. The fourth-order valence-corrected chi connectivity index (χ4v) is 2.84. The predicted molar refractivity (Wildman–Crippen MR) is 79.6 cm³/mol. The van der Waals surface area contributed by atoms with Gasteiger partial charge in [-0.3, -0.25) is 4.79 Å². The first-order valence-corrected chi connectivity index (χ1v) is 7.68. The van der Waals surface area contributed by atoms with Crippen LogP contribution in [0.3, 0.4) is 0 Å². The summed E-state index contributed by atoms with van der Waals surface area (Å²) in [5, 5.41) is 3.69. The Morgan fingerprint density at radius 3 is 2.72 bits per heavy atom. The number of hydrogen-bond donors (Lipinski definition) is 1. The van der Waals surface area contributed by atoms with Gasteiger partial charge in [-0.25, -0.2) is 0 Å².